The van der Waals surface area contributed by atoms with E-state index in [1.165, 1.54) is 10.5 Å². The second kappa shape index (κ2) is 7.80. The van der Waals surface area contributed by atoms with Gasteiger partial charge in [-0.25, -0.2) is 8.42 Å². The van der Waals surface area contributed by atoms with Gasteiger partial charge in [-0.2, -0.15) is 4.31 Å². The third kappa shape index (κ3) is 5.42. The Labute approximate surface area is 135 Å². The summed E-state index contributed by atoms with van der Waals surface area (Å²) < 4.78 is 25.0. The van der Waals surface area contributed by atoms with Crippen LogP contribution >= 0.6 is 0 Å². The van der Waals surface area contributed by atoms with Crippen LogP contribution in [0.3, 0.4) is 0 Å². The lowest BCUT2D eigenvalue weighted by molar-refractivity contribution is 0.0951. The number of pyridine rings is 2. The summed E-state index contributed by atoms with van der Waals surface area (Å²) in [5.74, 6) is -0.288. The van der Waals surface area contributed by atoms with Crippen molar-refractivity contribution in [1.82, 2.24) is 19.6 Å². The highest BCUT2D eigenvalue weighted by Gasteiger charge is 2.17. The zero-order valence-corrected chi connectivity index (χ0v) is 13.5. The number of hydrogen-bond donors (Lipinski definition) is 1. The van der Waals surface area contributed by atoms with E-state index in [4.69, 9.17) is 0 Å². The van der Waals surface area contributed by atoms with Gasteiger partial charge in [-0.15, -0.1) is 0 Å². The van der Waals surface area contributed by atoms with Gasteiger partial charge in [-0.05, 0) is 24.3 Å². The highest BCUT2D eigenvalue weighted by molar-refractivity contribution is 7.88. The first-order valence-corrected chi connectivity index (χ1v) is 8.85. The van der Waals surface area contributed by atoms with Crippen molar-refractivity contribution in [1.29, 1.82) is 0 Å². The molecule has 0 bridgehead atoms. The Balaban J connectivity index is 1.93. The first-order valence-electron chi connectivity index (χ1n) is 7.00. The lowest BCUT2D eigenvalue weighted by atomic mass is 10.3. The number of carbonyl (C=O) groups excluding carboxylic acids is 1. The molecule has 23 heavy (non-hydrogen) atoms. The summed E-state index contributed by atoms with van der Waals surface area (Å²) in [6, 6.07) is 8.63. The van der Waals surface area contributed by atoms with Crippen LogP contribution < -0.4 is 5.32 Å². The van der Waals surface area contributed by atoms with Gasteiger partial charge in [0, 0.05) is 31.7 Å². The molecule has 2 heterocycles. The lowest BCUT2D eigenvalue weighted by Crippen LogP contribution is -2.37. The normalized spacial score (nSPS) is 11.4. The Morgan fingerprint density at radius 2 is 2.04 bits per heavy atom. The largest absolute Gasteiger partial charge is 0.351 e. The van der Waals surface area contributed by atoms with Crippen molar-refractivity contribution in [3.05, 3.63) is 60.2 Å². The molecule has 0 spiro atoms. The predicted molar refractivity (Wildman–Crippen MR) is 86.1 cm³/mol. The van der Waals surface area contributed by atoms with Crippen LogP contribution in [0.1, 0.15) is 16.1 Å². The monoisotopic (exact) mass is 334 g/mol. The van der Waals surface area contributed by atoms with E-state index in [9.17, 15) is 13.2 Å². The molecule has 122 valence electrons. The zero-order chi connectivity index (χ0) is 16.7. The molecule has 2 rings (SSSR count). The van der Waals surface area contributed by atoms with Gasteiger partial charge in [0.15, 0.2) is 0 Å². The lowest BCUT2D eigenvalue weighted by Gasteiger charge is -2.19. The molecule has 0 saturated heterocycles. The van der Waals surface area contributed by atoms with Gasteiger partial charge in [-0.3, -0.25) is 14.8 Å². The molecule has 2 aromatic rings. The molecule has 1 amide bonds. The van der Waals surface area contributed by atoms with E-state index < -0.39 is 10.0 Å². The van der Waals surface area contributed by atoms with Crippen LogP contribution in [0.5, 0.6) is 0 Å². The number of amides is 1. The van der Waals surface area contributed by atoms with Gasteiger partial charge in [0.1, 0.15) is 0 Å². The fourth-order valence-electron chi connectivity index (χ4n) is 1.93. The van der Waals surface area contributed by atoms with Crippen LogP contribution in [-0.2, 0) is 16.6 Å². The second-order valence-corrected chi connectivity index (χ2v) is 6.90. The summed E-state index contributed by atoms with van der Waals surface area (Å²) in [4.78, 5) is 19.9. The van der Waals surface area contributed by atoms with E-state index in [2.05, 4.69) is 15.3 Å². The number of carbonyl (C=O) groups is 1. The average Bonchev–Trinajstić information content (AvgIpc) is 2.54. The Bertz CT molecular complexity index is 736. The molecule has 0 aromatic carbocycles. The SMILES string of the molecule is CS(=O)(=O)N(CCNC(=O)c1cccnc1)Cc1ccccn1. The summed E-state index contributed by atoms with van der Waals surface area (Å²) in [5, 5.41) is 2.68. The molecule has 7 nitrogen and oxygen atoms in total. The summed E-state index contributed by atoms with van der Waals surface area (Å²) >= 11 is 0. The molecule has 1 N–H and O–H groups in total. The fourth-order valence-corrected chi connectivity index (χ4v) is 2.72. The minimum Gasteiger partial charge on any atom is -0.351 e. The van der Waals surface area contributed by atoms with Gasteiger partial charge in [0.05, 0.1) is 24.1 Å². The van der Waals surface area contributed by atoms with Gasteiger partial charge < -0.3 is 5.32 Å². The fraction of sp³-hybridized carbons (Fsp3) is 0.267. The molecule has 0 atom stereocenters. The van der Waals surface area contributed by atoms with Gasteiger partial charge in [0.2, 0.25) is 10.0 Å². The maximum Gasteiger partial charge on any atom is 0.252 e. The first-order chi connectivity index (χ1) is 11.0. The van der Waals surface area contributed by atoms with Gasteiger partial charge >= 0.3 is 0 Å². The van der Waals surface area contributed by atoms with Gasteiger partial charge in [-0.1, -0.05) is 6.07 Å². The van der Waals surface area contributed by atoms with Crippen LogP contribution in [0.25, 0.3) is 0 Å². The minimum absolute atomic E-state index is 0.168. The van der Waals surface area contributed by atoms with Crippen LogP contribution in [0.2, 0.25) is 0 Å². The van der Waals surface area contributed by atoms with E-state index in [0.717, 1.165) is 6.26 Å². The van der Waals surface area contributed by atoms with E-state index in [1.807, 2.05) is 0 Å². The molecule has 8 heteroatoms. The Kier molecular flexibility index (Phi) is 5.78. The first kappa shape index (κ1) is 17.0. The van der Waals surface area contributed by atoms with E-state index in [0.29, 0.717) is 11.3 Å². The summed E-state index contributed by atoms with van der Waals surface area (Å²) in [7, 11) is -3.40. The molecule has 0 aliphatic carbocycles. The Morgan fingerprint density at radius 1 is 1.22 bits per heavy atom. The third-order valence-electron chi connectivity index (χ3n) is 3.10. The minimum atomic E-state index is -3.40. The summed E-state index contributed by atoms with van der Waals surface area (Å²) in [6.45, 7) is 0.539. The standard InChI is InChI=1S/C15H18N4O3S/c1-23(21,22)19(12-14-6-2-3-8-17-14)10-9-18-15(20)13-5-4-7-16-11-13/h2-8,11H,9-10,12H2,1H3,(H,18,20). The molecule has 2 aromatic heterocycles. The quantitative estimate of drug-likeness (QED) is 0.803. The third-order valence-corrected chi connectivity index (χ3v) is 4.35. The van der Waals surface area contributed by atoms with Crippen molar-refractivity contribution in [3.63, 3.8) is 0 Å². The van der Waals surface area contributed by atoms with Crippen molar-refractivity contribution in [2.24, 2.45) is 0 Å². The smallest absolute Gasteiger partial charge is 0.252 e. The number of sulfonamides is 1. The number of nitrogens with one attached hydrogen (secondary N) is 1. The molecular weight excluding hydrogens is 316 g/mol. The van der Waals surface area contributed by atoms with E-state index in [-0.39, 0.29) is 25.5 Å². The maximum atomic E-state index is 11.9. The molecule has 0 radical (unpaired) electrons. The highest BCUT2D eigenvalue weighted by Crippen LogP contribution is 2.05. The van der Waals surface area contributed by atoms with Crippen LogP contribution in [0, 0.1) is 0 Å². The van der Waals surface area contributed by atoms with Crippen LogP contribution in [-0.4, -0.2) is 47.9 Å². The van der Waals surface area contributed by atoms with Crippen molar-refractivity contribution < 1.29 is 13.2 Å². The molecule has 0 saturated carbocycles. The van der Waals surface area contributed by atoms with E-state index in [1.54, 1.807) is 42.7 Å². The molecule has 0 aliphatic rings. The predicted octanol–water partition coefficient (Wildman–Crippen LogP) is 0.668. The number of hydrogen-bond acceptors (Lipinski definition) is 5. The average molecular weight is 334 g/mol. The van der Waals surface area contributed by atoms with Gasteiger partial charge in [0.25, 0.3) is 5.91 Å². The van der Waals surface area contributed by atoms with Crippen molar-refractivity contribution in [2.45, 2.75) is 6.54 Å². The van der Waals surface area contributed by atoms with Crippen LogP contribution in [0.4, 0.5) is 0 Å². The van der Waals surface area contributed by atoms with E-state index >= 15 is 0 Å². The second-order valence-electron chi connectivity index (χ2n) is 4.92. The van der Waals surface area contributed by atoms with Crippen LogP contribution in [0.15, 0.2) is 48.9 Å². The zero-order valence-electron chi connectivity index (χ0n) is 12.7. The summed E-state index contributed by atoms with van der Waals surface area (Å²) in [5.41, 5.74) is 1.08. The highest BCUT2D eigenvalue weighted by atomic mass is 32.2. The molecular formula is C15H18N4O3S. The molecule has 0 unspecified atom stereocenters. The number of nitrogens with zero attached hydrogens (tertiary/aromatic N) is 3. The van der Waals surface area contributed by atoms with Crippen molar-refractivity contribution in [2.75, 3.05) is 19.3 Å². The Hall–Kier alpha value is -2.32. The van der Waals surface area contributed by atoms with Crippen molar-refractivity contribution >= 4 is 15.9 Å². The topological polar surface area (TPSA) is 92.3 Å². The summed E-state index contributed by atoms with van der Waals surface area (Å²) in [6.07, 6.45) is 5.78. The maximum absolute atomic E-state index is 11.9. The Morgan fingerprint density at radius 3 is 2.65 bits per heavy atom. The number of rotatable bonds is 7. The van der Waals surface area contributed by atoms with Crippen molar-refractivity contribution in [3.8, 4) is 0 Å². The molecule has 0 fully saturated rings. The number of aromatic nitrogens is 2. The molecule has 0 aliphatic heterocycles.